The number of nitrogen functional groups attached to an aromatic ring is 1. The molecule has 4 nitrogen and oxygen atoms in total. The summed E-state index contributed by atoms with van der Waals surface area (Å²) < 4.78 is 40.4. The minimum absolute atomic E-state index is 0.259. The molecule has 0 saturated carbocycles. The van der Waals surface area contributed by atoms with Gasteiger partial charge in [-0.2, -0.15) is 13.2 Å². The van der Waals surface area contributed by atoms with E-state index in [9.17, 15) is 13.2 Å². The summed E-state index contributed by atoms with van der Waals surface area (Å²) in [6, 6.07) is 7.38. The number of nitrogens with two attached hydrogens (primary N) is 1. The normalized spacial score (nSPS) is 12.0. The van der Waals surface area contributed by atoms with E-state index in [1.54, 1.807) is 18.2 Å². The molecular weight excluding hydrogens is 349 g/mol. The number of anilines is 1. The van der Waals surface area contributed by atoms with Crippen LogP contribution in [0.4, 0.5) is 18.9 Å². The highest BCUT2D eigenvalue weighted by atomic mass is 79.9. The number of pyridine rings is 1. The van der Waals surface area contributed by atoms with Crippen molar-refractivity contribution in [2.45, 2.75) is 6.18 Å². The number of para-hydroxylation sites is 1. The lowest BCUT2D eigenvalue weighted by atomic mass is 10.1. The lowest BCUT2D eigenvalue weighted by Crippen LogP contribution is -2.06. The summed E-state index contributed by atoms with van der Waals surface area (Å²) in [5, 5.41) is 7.80. The lowest BCUT2D eigenvalue weighted by Gasteiger charge is -2.09. The summed E-state index contributed by atoms with van der Waals surface area (Å²) in [7, 11) is 0. The van der Waals surface area contributed by atoms with Crippen LogP contribution in [0.25, 0.3) is 17.0 Å². The van der Waals surface area contributed by atoms with Crippen molar-refractivity contribution in [2.24, 2.45) is 0 Å². The van der Waals surface area contributed by atoms with Crippen molar-refractivity contribution in [3.63, 3.8) is 0 Å². The molecule has 2 N–H and O–H groups in total. The van der Waals surface area contributed by atoms with Gasteiger partial charge in [-0.15, -0.1) is 10.2 Å². The Morgan fingerprint density at radius 3 is 2.57 bits per heavy atom. The van der Waals surface area contributed by atoms with E-state index in [-0.39, 0.29) is 5.82 Å². The van der Waals surface area contributed by atoms with E-state index in [1.165, 1.54) is 10.5 Å². The predicted octanol–water partition coefficient (Wildman–Crippen LogP) is 3.76. The van der Waals surface area contributed by atoms with E-state index in [4.69, 9.17) is 5.73 Å². The summed E-state index contributed by atoms with van der Waals surface area (Å²) in [4.78, 5) is 0. The minimum atomic E-state index is -4.43. The third kappa shape index (κ3) is 2.35. The molecule has 3 rings (SSSR count). The standard InChI is InChI=1S/C13H8BrF3N4/c14-9-3-1-2-8(11(9)18)12-20-19-10-5-4-7(6-21(10)12)13(15,16)17/h1-6H,18H2. The molecule has 0 unspecified atom stereocenters. The van der Waals surface area contributed by atoms with E-state index >= 15 is 0 Å². The average Bonchev–Trinajstić information content (AvgIpc) is 2.84. The number of alkyl halides is 3. The van der Waals surface area contributed by atoms with E-state index in [0.29, 0.717) is 21.4 Å². The maximum Gasteiger partial charge on any atom is 0.417 e. The molecule has 0 saturated heterocycles. The van der Waals surface area contributed by atoms with Crippen LogP contribution >= 0.6 is 15.9 Å². The number of hydrogen-bond donors (Lipinski definition) is 1. The van der Waals surface area contributed by atoms with E-state index in [2.05, 4.69) is 26.1 Å². The van der Waals surface area contributed by atoms with Crippen molar-refractivity contribution in [1.29, 1.82) is 0 Å². The smallest absolute Gasteiger partial charge is 0.397 e. The number of rotatable bonds is 1. The molecule has 108 valence electrons. The monoisotopic (exact) mass is 356 g/mol. The predicted molar refractivity (Wildman–Crippen MR) is 75.5 cm³/mol. The van der Waals surface area contributed by atoms with Crippen molar-refractivity contribution in [3.8, 4) is 11.4 Å². The Balaban J connectivity index is 2.26. The van der Waals surface area contributed by atoms with Crippen LogP contribution in [0.15, 0.2) is 41.0 Å². The van der Waals surface area contributed by atoms with Gasteiger partial charge in [0.2, 0.25) is 0 Å². The van der Waals surface area contributed by atoms with Crippen LogP contribution in [0.1, 0.15) is 5.56 Å². The van der Waals surface area contributed by atoms with Gasteiger partial charge in [0.25, 0.3) is 0 Å². The molecular formula is C13H8BrF3N4. The molecule has 0 fully saturated rings. The van der Waals surface area contributed by atoms with Crippen LogP contribution in [0.5, 0.6) is 0 Å². The van der Waals surface area contributed by atoms with Crippen LogP contribution in [0.2, 0.25) is 0 Å². The molecule has 0 aliphatic carbocycles. The summed E-state index contributed by atoms with van der Waals surface area (Å²) in [5.41, 5.74) is 6.39. The quantitative estimate of drug-likeness (QED) is 0.675. The largest absolute Gasteiger partial charge is 0.417 e. The molecule has 3 aromatic rings. The number of hydrogen-bond acceptors (Lipinski definition) is 3. The van der Waals surface area contributed by atoms with Gasteiger partial charge in [0, 0.05) is 16.2 Å². The molecule has 0 aliphatic heterocycles. The van der Waals surface area contributed by atoms with Crippen molar-refractivity contribution < 1.29 is 13.2 Å². The zero-order chi connectivity index (χ0) is 15.2. The fraction of sp³-hybridized carbons (Fsp3) is 0.0769. The van der Waals surface area contributed by atoms with Crippen molar-refractivity contribution in [1.82, 2.24) is 14.6 Å². The molecule has 0 radical (unpaired) electrons. The fourth-order valence-electron chi connectivity index (χ4n) is 1.97. The van der Waals surface area contributed by atoms with Gasteiger partial charge in [0.15, 0.2) is 11.5 Å². The second-order valence-corrected chi connectivity index (χ2v) is 5.22. The van der Waals surface area contributed by atoms with Crippen molar-refractivity contribution >= 4 is 27.3 Å². The lowest BCUT2D eigenvalue weighted by molar-refractivity contribution is -0.137. The first kappa shape index (κ1) is 13.9. The second-order valence-electron chi connectivity index (χ2n) is 4.37. The van der Waals surface area contributed by atoms with Gasteiger partial charge in [-0.05, 0) is 40.2 Å². The highest BCUT2D eigenvalue weighted by Crippen LogP contribution is 2.33. The Kier molecular flexibility index (Phi) is 3.12. The number of aromatic nitrogens is 3. The van der Waals surface area contributed by atoms with Gasteiger partial charge in [0.1, 0.15) is 0 Å². The molecule has 0 aliphatic rings. The fourth-order valence-corrected chi connectivity index (χ4v) is 2.34. The summed E-state index contributed by atoms with van der Waals surface area (Å²) in [6.45, 7) is 0. The van der Waals surface area contributed by atoms with E-state index < -0.39 is 11.7 Å². The van der Waals surface area contributed by atoms with Crippen LogP contribution in [-0.4, -0.2) is 14.6 Å². The number of nitrogens with zero attached hydrogens (tertiary/aromatic N) is 3. The van der Waals surface area contributed by atoms with Crippen LogP contribution < -0.4 is 5.73 Å². The van der Waals surface area contributed by atoms with Gasteiger partial charge in [0.05, 0.1) is 11.3 Å². The third-order valence-corrected chi connectivity index (χ3v) is 3.71. The summed E-state index contributed by atoms with van der Waals surface area (Å²) in [6.07, 6.45) is -3.47. The van der Waals surface area contributed by atoms with Gasteiger partial charge in [-0.3, -0.25) is 4.40 Å². The molecule has 21 heavy (non-hydrogen) atoms. The minimum Gasteiger partial charge on any atom is -0.397 e. The number of halogens is 4. The molecule has 0 amide bonds. The van der Waals surface area contributed by atoms with Crippen molar-refractivity contribution in [2.75, 3.05) is 5.73 Å². The summed E-state index contributed by atoms with van der Waals surface area (Å²) >= 11 is 3.28. The molecule has 2 aromatic heterocycles. The van der Waals surface area contributed by atoms with Crippen LogP contribution in [-0.2, 0) is 6.18 Å². The van der Waals surface area contributed by atoms with Crippen molar-refractivity contribution in [3.05, 3.63) is 46.6 Å². The molecule has 2 heterocycles. The third-order valence-electron chi connectivity index (χ3n) is 3.02. The topological polar surface area (TPSA) is 56.2 Å². The van der Waals surface area contributed by atoms with Gasteiger partial charge < -0.3 is 5.73 Å². The molecule has 0 bridgehead atoms. The number of fused-ring (bicyclic) bond motifs is 1. The van der Waals surface area contributed by atoms with E-state index in [1.807, 2.05) is 0 Å². The Morgan fingerprint density at radius 2 is 1.86 bits per heavy atom. The van der Waals surface area contributed by atoms with Gasteiger partial charge in [-0.25, -0.2) is 0 Å². The summed E-state index contributed by atoms with van der Waals surface area (Å²) in [5.74, 6) is 0.259. The maximum atomic E-state index is 12.8. The maximum absolute atomic E-state index is 12.8. The molecule has 0 atom stereocenters. The highest BCUT2D eigenvalue weighted by Gasteiger charge is 2.31. The Bertz CT molecular complexity index is 826. The zero-order valence-electron chi connectivity index (χ0n) is 10.4. The Labute approximate surface area is 125 Å². The number of benzene rings is 1. The first-order chi connectivity index (χ1) is 9.88. The first-order valence-corrected chi connectivity index (χ1v) is 6.63. The average molecular weight is 357 g/mol. The first-order valence-electron chi connectivity index (χ1n) is 5.84. The van der Waals surface area contributed by atoms with Crippen LogP contribution in [0, 0.1) is 0 Å². The highest BCUT2D eigenvalue weighted by molar-refractivity contribution is 9.10. The Hall–Kier alpha value is -2.09. The second kappa shape index (κ2) is 4.73. The van der Waals surface area contributed by atoms with Gasteiger partial charge in [-0.1, -0.05) is 6.07 Å². The zero-order valence-corrected chi connectivity index (χ0v) is 12.0. The molecule has 0 spiro atoms. The molecule has 8 heteroatoms. The molecule has 1 aromatic carbocycles. The SMILES string of the molecule is Nc1c(Br)cccc1-c1nnc2ccc(C(F)(F)F)cn12. The van der Waals surface area contributed by atoms with Gasteiger partial charge >= 0.3 is 6.18 Å². The van der Waals surface area contributed by atoms with E-state index in [0.717, 1.165) is 12.3 Å². The Morgan fingerprint density at radius 1 is 1.10 bits per heavy atom. The van der Waals surface area contributed by atoms with Crippen LogP contribution in [0.3, 0.4) is 0 Å².